The summed E-state index contributed by atoms with van der Waals surface area (Å²) in [6.45, 7) is 21.9. The van der Waals surface area contributed by atoms with Crippen molar-refractivity contribution in [3.8, 4) is 22.3 Å². The molecule has 0 N–H and O–H groups in total. The van der Waals surface area contributed by atoms with E-state index in [1.54, 1.807) is 32.0 Å². The van der Waals surface area contributed by atoms with E-state index in [-0.39, 0.29) is 111 Å². The van der Waals surface area contributed by atoms with E-state index in [4.69, 9.17) is 16.4 Å². The van der Waals surface area contributed by atoms with E-state index in [1.807, 2.05) is 48.5 Å². The van der Waals surface area contributed by atoms with Crippen molar-refractivity contribution in [3.05, 3.63) is 261 Å². The molecule has 0 saturated heterocycles. The summed E-state index contributed by atoms with van der Waals surface area (Å²) in [6.07, 6.45) is 6.38. The molecule has 18 rings (SSSR count). The van der Waals surface area contributed by atoms with Crippen LogP contribution < -0.4 is 49.2 Å². The Morgan fingerprint density at radius 1 is 0.339 bits per heavy atom. The van der Waals surface area contributed by atoms with Crippen LogP contribution in [-0.4, -0.2) is 72.8 Å². The molecule has 19 nitrogen and oxygen atoms in total. The number of aromatic nitrogens is 11. The molecule has 0 atom stereocenters. The van der Waals surface area contributed by atoms with Gasteiger partial charge in [-0.3, -0.25) is 4.98 Å². The molecule has 0 aliphatic carbocycles. The largest absolute Gasteiger partial charge is 4.00 e. The predicted octanol–water partition coefficient (Wildman–Crippen LogP) is 22.4. The molecular weight excluding hydrogens is 1860 g/mol. The maximum Gasteiger partial charge on any atom is 4.00 e. The number of halogens is 6. The second kappa shape index (κ2) is 34.1. The number of rotatable bonds is 12. The summed E-state index contributed by atoms with van der Waals surface area (Å²) in [5.41, 5.74) is 13.7. The van der Waals surface area contributed by atoms with Gasteiger partial charge in [-0.2, -0.15) is 26.3 Å². The molecule has 608 valence electrons. The van der Waals surface area contributed by atoms with Gasteiger partial charge in [-0.15, -0.1) is 119 Å². The van der Waals surface area contributed by atoms with E-state index in [9.17, 15) is 26.3 Å². The number of anilines is 12. The van der Waals surface area contributed by atoms with Crippen molar-refractivity contribution in [2.45, 2.75) is 131 Å². The fourth-order valence-corrected chi connectivity index (χ4v) is 14.5. The van der Waals surface area contributed by atoms with Crippen LogP contribution in [0, 0.1) is 38.8 Å². The van der Waals surface area contributed by atoms with E-state index >= 15 is 0 Å². The van der Waals surface area contributed by atoms with E-state index in [0.717, 1.165) is 89.3 Å². The van der Waals surface area contributed by atoms with Crippen LogP contribution in [0.1, 0.15) is 180 Å². The summed E-state index contributed by atoms with van der Waals surface area (Å²) in [6, 6.07) is 39.6. The van der Waals surface area contributed by atoms with Crippen LogP contribution in [0.3, 0.4) is 0 Å². The number of para-hydroxylation sites is 1. The van der Waals surface area contributed by atoms with Crippen LogP contribution in [0.25, 0.3) is 65.9 Å². The third-order valence-electron chi connectivity index (χ3n) is 20.4. The summed E-state index contributed by atoms with van der Waals surface area (Å²) in [5.74, 6) is 3.50. The molecule has 0 radical (unpaired) electrons. The van der Waals surface area contributed by atoms with Crippen molar-refractivity contribution in [1.29, 1.82) is 0 Å². The standard InChI is InChI=1S/2C33H37N8.C14H6F6N.C11H7N2.2Pt/c2*1-20(2)23-15-27(21(3)4)29(28(16-23)22(5)6)24-13-25(40-18-38(7)30-32(40)36-11-9-34-30)17-26(14-24)41-19-39(8)31-33(41)37-12-10-35-31;15-13(16,17)7-1-3-11-9(5-7)10-6-8(14(18,19)20)2-4-12(10)21-11;1-2-4-10-8(3-1)9-5-6-12-7-11(9)13-10;;/h2*9-16,18-22H,1-8H3;1-6H;1-7H;;/q2*-3;2*-1;2*+4/i2*7D3,8D3;;;;. The number of pyridine rings is 1. The number of alkyl halides is 6. The van der Waals surface area contributed by atoms with E-state index < -0.39 is 51.4 Å². The fraction of sp³-hybridized carbons (Fsp3) is 0.264. The van der Waals surface area contributed by atoms with Crippen LogP contribution in [0.2, 0.25) is 0 Å². The molecule has 4 aliphatic heterocycles. The summed E-state index contributed by atoms with van der Waals surface area (Å²) >= 11 is 0. The molecule has 0 saturated carbocycles. The zero-order chi connectivity index (χ0) is 92.1. The normalized spacial score (nSPS) is 15.7. The van der Waals surface area contributed by atoms with Crippen molar-refractivity contribution in [2.75, 3.05) is 67.1 Å². The topological polar surface area (TPSA) is 170 Å². The average molecular weight is 1960 g/mol. The van der Waals surface area contributed by atoms with Gasteiger partial charge in [0, 0.05) is 78.4 Å². The van der Waals surface area contributed by atoms with Gasteiger partial charge in [0.2, 0.25) is 0 Å². The smallest absolute Gasteiger partial charge is 0.657 e. The minimum absolute atomic E-state index is 0. The van der Waals surface area contributed by atoms with Crippen molar-refractivity contribution in [3.63, 3.8) is 0 Å². The average Bonchev–Trinajstić information content (AvgIpc) is 1.63. The molecule has 0 amide bonds. The number of fused-ring (bicyclic) bond motifs is 10. The van der Waals surface area contributed by atoms with E-state index in [0.29, 0.717) is 57.9 Å². The Balaban J connectivity index is 0.000000161. The van der Waals surface area contributed by atoms with Gasteiger partial charge in [-0.25, -0.2) is 39.9 Å². The molecule has 0 fully saturated rings. The second-order valence-electron chi connectivity index (χ2n) is 30.2. The van der Waals surface area contributed by atoms with Gasteiger partial charge in [-0.05, 0) is 148 Å². The molecule has 0 bridgehead atoms. The molecular formula is C91H87F6N19Pt2. The SMILES string of the molecule is FC(F)(F)c1ccc2[n-]c3ccc(C(F)(F)F)cc3c2c1.[2H]C([2H])([2H])N1[CH-]N(c2[c-]c(N3[CH-]N(C([2H])([2H])[2H])c4nccnc43)cc(-c3c(C(C)C)cc(C(C)C)cc3C(C)C)c2)c2nccnc21.[2H]C([2H])([2H])N1[CH-]N(c2[c-]c(N3[CH-]N(C([2H])([2H])[2H])c4nccnc43)cc(-c3c(C(C)C)cc(C(C)C)cc3C(C)C)c2)c2nccnc21.[Pt+4].[Pt+4].c1ccc2c(c1)[n-]c1cnccc12. The third kappa shape index (κ3) is 16.7. The summed E-state index contributed by atoms with van der Waals surface area (Å²) in [4.78, 5) is 59.0. The monoisotopic (exact) mass is 1960 g/mol. The van der Waals surface area contributed by atoms with Crippen molar-refractivity contribution >= 4 is 113 Å². The minimum atomic E-state index is -4.56. The van der Waals surface area contributed by atoms with Crippen LogP contribution in [0.15, 0.2) is 177 Å². The van der Waals surface area contributed by atoms with Crippen LogP contribution in [0.5, 0.6) is 0 Å². The van der Waals surface area contributed by atoms with E-state index in [2.05, 4.69) is 180 Å². The Labute approximate surface area is 729 Å². The molecule has 14 aromatic rings. The molecule has 7 aromatic heterocycles. The van der Waals surface area contributed by atoms with Crippen molar-refractivity contribution in [2.24, 2.45) is 0 Å². The Morgan fingerprint density at radius 2 is 0.636 bits per heavy atom. The first-order valence-corrected chi connectivity index (χ1v) is 37.6. The molecule has 11 heterocycles. The number of hydrogen-bond donors (Lipinski definition) is 0. The second-order valence-corrected chi connectivity index (χ2v) is 30.2. The van der Waals surface area contributed by atoms with E-state index in [1.165, 1.54) is 120 Å². The quantitative estimate of drug-likeness (QED) is 0.0835. The Bertz CT molecular complexity index is 5880. The van der Waals surface area contributed by atoms with Gasteiger partial charge in [0.15, 0.2) is 0 Å². The van der Waals surface area contributed by atoms with Gasteiger partial charge < -0.3 is 49.2 Å². The Hall–Kier alpha value is -11.0. The van der Waals surface area contributed by atoms with Gasteiger partial charge >= 0.3 is 54.5 Å². The fourth-order valence-electron chi connectivity index (χ4n) is 14.5. The zero-order valence-electron chi connectivity index (χ0n) is 77.9. The molecule has 0 unspecified atom stereocenters. The number of benzene rings is 7. The first-order chi connectivity index (χ1) is 60.2. The molecule has 0 spiro atoms. The number of hydrogen-bond acceptors (Lipinski definition) is 17. The summed E-state index contributed by atoms with van der Waals surface area (Å²) in [7, 11) is 0. The first-order valence-electron chi connectivity index (χ1n) is 43.6. The van der Waals surface area contributed by atoms with Crippen molar-refractivity contribution in [1.82, 2.24) is 54.8 Å². The number of nitrogens with zero attached hydrogens (tertiary/aromatic N) is 19. The predicted molar refractivity (Wildman–Crippen MR) is 451 cm³/mol. The van der Waals surface area contributed by atoms with Gasteiger partial charge in [0.05, 0.1) is 11.1 Å². The van der Waals surface area contributed by atoms with Crippen LogP contribution >= 0.6 is 0 Å². The van der Waals surface area contributed by atoms with Gasteiger partial charge in [-0.1, -0.05) is 156 Å². The maximum absolute atomic E-state index is 12.7. The molecule has 4 aliphatic rings. The molecule has 118 heavy (non-hydrogen) atoms. The Morgan fingerprint density at radius 3 is 0.941 bits per heavy atom. The Kier molecular flexibility index (Phi) is 20.3. The van der Waals surface area contributed by atoms with Crippen LogP contribution in [0.4, 0.5) is 95.6 Å². The summed E-state index contributed by atoms with van der Waals surface area (Å²) < 4.78 is 174. The molecule has 7 aromatic carbocycles. The first kappa shape index (κ1) is 70.0. The zero-order valence-corrected chi connectivity index (χ0v) is 70.5. The van der Waals surface area contributed by atoms with Crippen LogP contribution in [-0.2, 0) is 54.5 Å². The maximum atomic E-state index is 12.7. The van der Waals surface area contributed by atoms with Gasteiger partial charge in [0.25, 0.3) is 0 Å². The third-order valence-corrected chi connectivity index (χ3v) is 20.4. The van der Waals surface area contributed by atoms with Gasteiger partial charge in [0.1, 0.15) is 46.5 Å². The van der Waals surface area contributed by atoms with Crippen molar-refractivity contribution < 1.29 is 84.9 Å². The summed E-state index contributed by atoms with van der Waals surface area (Å²) in [5, 5.41) is 2.52. The molecule has 27 heteroatoms. The minimum Gasteiger partial charge on any atom is -0.657 e.